The van der Waals surface area contributed by atoms with Crippen molar-refractivity contribution in [3.05, 3.63) is 40.1 Å². The van der Waals surface area contributed by atoms with Crippen molar-refractivity contribution in [1.29, 1.82) is 0 Å². The van der Waals surface area contributed by atoms with Gasteiger partial charge in [-0.25, -0.2) is 4.98 Å². The lowest BCUT2D eigenvalue weighted by Crippen LogP contribution is -2.29. The van der Waals surface area contributed by atoms with Crippen LogP contribution in [0.3, 0.4) is 0 Å². The number of hydrogen-bond donors (Lipinski definition) is 1. The maximum Gasteiger partial charge on any atom is 0.290 e. The van der Waals surface area contributed by atoms with Crippen LogP contribution in [-0.2, 0) is 20.8 Å². The number of aromatic nitrogens is 1. The lowest BCUT2D eigenvalue weighted by molar-refractivity contribution is -0.122. The Morgan fingerprint density at radius 1 is 1.38 bits per heavy atom. The molecule has 1 aliphatic rings. The van der Waals surface area contributed by atoms with Crippen molar-refractivity contribution in [2.75, 3.05) is 13.2 Å². The minimum absolute atomic E-state index is 0.259. The zero-order valence-corrected chi connectivity index (χ0v) is 13.1. The summed E-state index contributed by atoms with van der Waals surface area (Å²) in [5.74, 6) is 0.518. The van der Waals surface area contributed by atoms with Gasteiger partial charge in [0, 0.05) is 5.38 Å². The molecule has 0 spiro atoms. The van der Waals surface area contributed by atoms with E-state index in [1.807, 2.05) is 22.9 Å². The number of nitrogens with one attached hydrogen (secondary N) is 1. The van der Waals surface area contributed by atoms with Crippen molar-refractivity contribution in [2.45, 2.75) is 13.5 Å². The van der Waals surface area contributed by atoms with Crippen LogP contribution in [0.2, 0.25) is 0 Å². The van der Waals surface area contributed by atoms with E-state index in [0.717, 1.165) is 15.6 Å². The topological polar surface area (TPSA) is 60.5 Å². The molecule has 1 aliphatic heterocycles. The average molecular weight is 322 g/mol. The summed E-state index contributed by atoms with van der Waals surface area (Å²) in [6.07, 6.45) is 0. The maximum atomic E-state index is 12.0. The summed E-state index contributed by atoms with van der Waals surface area (Å²) < 4.78 is 10.6. The highest BCUT2D eigenvalue weighted by atomic mass is 32.1. The van der Waals surface area contributed by atoms with E-state index in [1.54, 1.807) is 29.6 Å². The Bertz CT molecular complexity index is 662. The molecule has 0 radical (unpaired) electrons. The van der Waals surface area contributed by atoms with Crippen molar-refractivity contribution in [3.8, 4) is 9.88 Å². The molecule has 3 rings (SSSR count). The largest absolute Gasteiger partial charge is 0.491 e. The van der Waals surface area contributed by atoms with Crippen LogP contribution in [-0.4, -0.2) is 24.1 Å². The first-order valence-corrected chi connectivity index (χ1v) is 8.23. The van der Waals surface area contributed by atoms with Crippen LogP contribution < -0.4 is 5.32 Å². The molecule has 110 valence electrons. The second-order valence-electron chi connectivity index (χ2n) is 4.39. The highest BCUT2D eigenvalue weighted by Gasteiger charge is 2.19. The SMILES string of the molecule is CC1=C(C(=O)NCc2csc(-c3cccs3)n2)OCCO1. The van der Waals surface area contributed by atoms with E-state index in [-0.39, 0.29) is 11.7 Å². The Morgan fingerprint density at radius 3 is 3.00 bits per heavy atom. The lowest BCUT2D eigenvalue weighted by Gasteiger charge is -2.19. The van der Waals surface area contributed by atoms with Crippen LogP contribution >= 0.6 is 22.7 Å². The van der Waals surface area contributed by atoms with Gasteiger partial charge < -0.3 is 14.8 Å². The minimum atomic E-state index is -0.266. The molecule has 2 aromatic rings. The van der Waals surface area contributed by atoms with E-state index in [1.165, 1.54) is 0 Å². The first-order valence-electron chi connectivity index (χ1n) is 6.47. The molecule has 0 aliphatic carbocycles. The summed E-state index contributed by atoms with van der Waals surface area (Å²) in [6, 6.07) is 4.03. The number of amides is 1. The Hall–Kier alpha value is -1.86. The average Bonchev–Trinajstić information content (AvgIpc) is 3.16. The highest BCUT2D eigenvalue weighted by Crippen LogP contribution is 2.27. The van der Waals surface area contributed by atoms with Crippen molar-refractivity contribution in [3.63, 3.8) is 0 Å². The van der Waals surface area contributed by atoms with Crippen LogP contribution in [0.25, 0.3) is 9.88 Å². The monoisotopic (exact) mass is 322 g/mol. The fourth-order valence-corrected chi connectivity index (χ4v) is 3.52. The molecule has 1 amide bonds. The summed E-state index contributed by atoms with van der Waals surface area (Å²) in [7, 11) is 0. The van der Waals surface area contributed by atoms with Gasteiger partial charge in [-0.05, 0) is 18.4 Å². The predicted octanol–water partition coefficient (Wildman–Crippen LogP) is 2.77. The summed E-state index contributed by atoms with van der Waals surface area (Å²) in [6.45, 7) is 2.99. The van der Waals surface area contributed by atoms with Crippen LogP contribution in [0.5, 0.6) is 0 Å². The number of nitrogens with zero attached hydrogens (tertiary/aromatic N) is 1. The van der Waals surface area contributed by atoms with Crippen LogP contribution in [0, 0.1) is 0 Å². The second kappa shape index (κ2) is 6.28. The van der Waals surface area contributed by atoms with Gasteiger partial charge in [0.25, 0.3) is 5.91 Å². The predicted molar refractivity (Wildman–Crippen MR) is 81.9 cm³/mol. The first-order chi connectivity index (χ1) is 10.2. The van der Waals surface area contributed by atoms with Crippen LogP contribution in [0.1, 0.15) is 12.6 Å². The summed E-state index contributed by atoms with van der Waals surface area (Å²) in [5, 5.41) is 7.75. The number of allylic oxidation sites excluding steroid dienone is 1. The number of carbonyl (C=O) groups is 1. The lowest BCUT2D eigenvalue weighted by atomic mass is 10.3. The van der Waals surface area contributed by atoms with Gasteiger partial charge in [0.1, 0.15) is 24.0 Å². The highest BCUT2D eigenvalue weighted by molar-refractivity contribution is 7.20. The first kappa shape index (κ1) is 14.1. The molecule has 1 N–H and O–H groups in total. The number of thiophene rings is 1. The Balaban J connectivity index is 1.62. The van der Waals surface area contributed by atoms with Gasteiger partial charge in [0.2, 0.25) is 5.76 Å². The van der Waals surface area contributed by atoms with E-state index in [9.17, 15) is 4.79 Å². The molecular weight excluding hydrogens is 308 g/mol. The summed E-state index contributed by atoms with van der Waals surface area (Å²) >= 11 is 3.23. The number of hydrogen-bond acceptors (Lipinski definition) is 6. The van der Waals surface area contributed by atoms with E-state index in [2.05, 4.69) is 10.3 Å². The molecule has 7 heteroatoms. The van der Waals surface area contributed by atoms with Gasteiger partial charge in [0.15, 0.2) is 0 Å². The van der Waals surface area contributed by atoms with E-state index in [0.29, 0.717) is 25.5 Å². The molecule has 0 atom stereocenters. The number of thiazole rings is 1. The fraction of sp³-hybridized carbons (Fsp3) is 0.286. The molecular formula is C14H14N2O3S2. The van der Waals surface area contributed by atoms with E-state index < -0.39 is 0 Å². The quantitative estimate of drug-likeness (QED) is 0.940. The third-order valence-electron chi connectivity index (χ3n) is 2.89. The smallest absolute Gasteiger partial charge is 0.290 e. The molecule has 0 unspecified atom stereocenters. The molecule has 2 aromatic heterocycles. The zero-order valence-electron chi connectivity index (χ0n) is 11.4. The van der Waals surface area contributed by atoms with Gasteiger partial charge >= 0.3 is 0 Å². The Morgan fingerprint density at radius 2 is 2.24 bits per heavy atom. The maximum absolute atomic E-state index is 12.0. The summed E-state index contributed by atoms with van der Waals surface area (Å²) in [4.78, 5) is 17.7. The van der Waals surface area contributed by atoms with E-state index >= 15 is 0 Å². The van der Waals surface area contributed by atoms with E-state index in [4.69, 9.17) is 9.47 Å². The van der Waals surface area contributed by atoms with Crippen molar-refractivity contribution in [1.82, 2.24) is 10.3 Å². The summed E-state index contributed by atoms with van der Waals surface area (Å²) in [5.41, 5.74) is 0.840. The molecule has 0 fully saturated rings. The molecule has 0 bridgehead atoms. The van der Waals surface area contributed by atoms with Crippen molar-refractivity contribution in [2.24, 2.45) is 0 Å². The Kier molecular flexibility index (Phi) is 4.21. The second-order valence-corrected chi connectivity index (χ2v) is 6.19. The molecule has 0 saturated heterocycles. The number of ether oxygens (including phenoxy) is 2. The van der Waals surface area contributed by atoms with Gasteiger partial charge in [-0.3, -0.25) is 4.79 Å². The van der Waals surface area contributed by atoms with Gasteiger partial charge in [0.05, 0.1) is 17.1 Å². The number of rotatable bonds is 4. The standard InChI is InChI=1S/C14H14N2O3S2/c1-9-12(19-5-4-18-9)13(17)15-7-10-8-21-14(16-10)11-3-2-6-20-11/h2-3,6,8H,4-5,7H2,1H3,(H,15,17). The molecule has 3 heterocycles. The van der Waals surface area contributed by atoms with Gasteiger partial charge in [-0.15, -0.1) is 22.7 Å². The minimum Gasteiger partial charge on any atom is -0.491 e. The van der Waals surface area contributed by atoms with Crippen molar-refractivity contribution >= 4 is 28.6 Å². The third kappa shape index (κ3) is 3.25. The molecule has 5 nitrogen and oxygen atoms in total. The molecule has 0 aromatic carbocycles. The van der Waals surface area contributed by atoms with Crippen LogP contribution in [0.4, 0.5) is 0 Å². The third-order valence-corrected chi connectivity index (χ3v) is 4.82. The molecule has 21 heavy (non-hydrogen) atoms. The zero-order chi connectivity index (χ0) is 14.7. The van der Waals surface area contributed by atoms with Gasteiger partial charge in [-0.2, -0.15) is 0 Å². The normalized spacial score (nSPS) is 14.5. The van der Waals surface area contributed by atoms with Gasteiger partial charge in [-0.1, -0.05) is 6.07 Å². The van der Waals surface area contributed by atoms with Crippen LogP contribution in [0.15, 0.2) is 34.4 Å². The molecule has 0 saturated carbocycles. The number of carbonyl (C=O) groups excluding carboxylic acids is 1. The fourth-order valence-electron chi connectivity index (χ4n) is 1.88. The Labute approximate surface area is 130 Å². The van der Waals surface area contributed by atoms with Crippen molar-refractivity contribution < 1.29 is 14.3 Å².